The first-order valence-electron chi connectivity index (χ1n) is 5.29. The summed E-state index contributed by atoms with van der Waals surface area (Å²) in [6.07, 6.45) is -3.12. The van der Waals surface area contributed by atoms with Crippen molar-refractivity contribution in [3.8, 4) is 0 Å². The summed E-state index contributed by atoms with van der Waals surface area (Å²) >= 11 is 0. The summed E-state index contributed by atoms with van der Waals surface area (Å²) in [5.41, 5.74) is 5.06. The third-order valence-electron chi connectivity index (χ3n) is 2.72. The number of ether oxygens (including phenoxy) is 1. The molecule has 18 heavy (non-hydrogen) atoms. The first-order chi connectivity index (χ1) is 8.54. The highest BCUT2D eigenvalue weighted by Crippen LogP contribution is 2.31. The van der Waals surface area contributed by atoms with E-state index in [0.717, 1.165) is 0 Å². The largest absolute Gasteiger partial charge is 0.394 e. The van der Waals surface area contributed by atoms with Crippen LogP contribution in [0.4, 0.5) is 0 Å². The highest BCUT2D eigenvalue weighted by molar-refractivity contribution is 5.90. The minimum Gasteiger partial charge on any atom is -0.394 e. The van der Waals surface area contributed by atoms with Crippen LogP contribution in [0.3, 0.4) is 0 Å². The van der Waals surface area contributed by atoms with Crippen molar-refractivity contribution in [2.24, 2.45) is 5.73 Å². The Labute approximate surface area is 102 Å². The molecule has 0 unspecified atom stereocenters. The van der Waals surface area contributed by atoms with Crippen LogP contribution in [0, 0.1) is 0 Å². The molecule has 8 nitrogen and oxygen atoms in total. The molecule has 0 radical (unpaired) electrons. The maximum Gasteiger partial charge on any atom is 0.267 e. The Balaban J connectivity index is 2.27. The molecule has 1 amide bonds. The van der Waals surface area contributed by atoms with Crippen LogP contribution in [0.1, 0.15) is 22.4 Å². The van der Waals surface area contributed by atoms with Crippen LogP contribution in [-0.2, 0) is 4.74 Å². The van der Waals surface area contributed by atoms with E-state index in [1.807, 2.05) is 0 Å². The predicted molar refractivity (Wildman–Crippen MR) is 57.3 cm³/mol. The van der Waals surface area contributed by atoms with Crippen molar-refractivity contribution >= 4 is 5.91 Å². The molecule has 1 aromatic rings. The SMILES string of the molecule is NC(=O)c1ccnc([C@@H]2O[C@H](CO)[C@@H](O)[C@H]2O)n1. The van der Waals surface area contributed by atoms with Crippen LogP contribution in [0.2, 0.25) is 0 Å². The number of carbonyl (C=O) groups is 1. The maximum atomic E-state index is 11.0. The number of aliphatic hydroxyl groups is 3. The van der Waals surface area contributed by atoms with Gasteiger partial charge in [0.15, 0.2) is 5.82 Å². The molecule has 2 heterocycles. The Bertz CT molecular complexity index is 455. The minimum atomic E-state index is -1.27. The molecule has 1 saturated heterocycles. The number of nitrogens with zero attached hydrogens (tertiary/aromatic N) is 2. The lowest BCUT2D eigenvalue weighted by molar-refractivity contribution is -0.0253. The van der Waals surface area contributed by atoms with Gasteiger partial charge in [0.2, 0.25) is 0 Å². The molecule has 4 atom stereocenters. The van der Waals surface area contributed by atoms with Crippen molar-refractivity contribution in [2.75, 3.05) is 6.61 Å². The van der Waals surface area contributed by atoms with Crippen molar-refractivity contribution in [2.45, 2.75) is 24.4 Å². The normalized spacial score (nSPS) is 31.5. The number of primary amides is 1. The second-order valence-corrected chi connectivity index (χ2v) is 3.92. The van der Waals surface area contributed by atoms with E-state index in [1.165, 1.54) is 12.3 Å². The Kier molecular flexibility index (Phi) is 3.53. The van der Waals surface area contributed by atoms with Gasteiger partial charge >= 0.3 is 0 Å². The number of aliphatic hydroxyl groups excluding tert-OH is 3. The van der Waals surface area contributed by atoms with E-state index in [2.05, 4.69) is 9.97 Å². The molecule has 98 valence electrons. The smallest absolute Gasteiger partial charge is 0.267 e. The van der Waals surface area contributed by atoms with Crippen LogP contribution < -0.4 is 5.73 Å². The third kappa shape index (κ3) is 2.18. The summed E-state index contributed by atoms with van der Waals surface area (Å²) in [5, 5.41) is 28.3. The van der Waals surface area contributed by atoms with Gasteiger partial charge in [0.1, 0.15) is 30.1 Å². The van der Waals surface area contributed by atoms with Gasteiger partial charge in [0.25, 0.3) is 5.91 Å². The molecule has 0 spiro atoms. The zero-order chi connectivity index (χ0) is 13.3. The zero-order valence-corrected chi connectivity index (χ0v) is 9.30. The van der Waals surface area contributed by atoms with E-state index < -0.39 is 36.9 Å². The molecule has 2 rings (SSSR count). The summed E-state index contributed by atoms with van der Waals surface area (Å²) in [4.78, 5) is 18.7. The quantitative estimate of drug-likeness (QED) is 0.477. The monoisotopic (exact) mass is 255 g/mol. The first kappa shape index (κ1) is 12.8. The van der Waals surface area contributed by atoms with Gasteiger partial charge in [0.05, 0.1) is 6.61 Å². The van der Waals surface area contributed by atoms with Gasteiger partial charge in [-0.15, -0.1) is 0 Å². The number of amides is 1. The Hall–Kier alpha value is -1.61. The molecule has 0 aliphatic carbocycles. The number of aromatic nitrogens is 2. The molecule has 1 fully saturated rings. The average molecular weight is 255 g/mol. The van der Waals surface area contributed by atoms with Gasteiger partial charge in [0, 0.05) is 6.20 Å². The molecule has 1 aliphatic heterocycles. The van der Waals surface area contributed by atoms with E-state index >= 15 is 0 Å². The number of hydrogen-bond donors (Lipinski definition) is 4. The lowest BCUT2D eigenvalue weighted by atomic mass is 10.1. The molecular weight excluding hydrogens is 242 g/mol. The van der Waals surface area contributed by atoms with Crippen molar-refractivity contribution in [3.63, 3.8) is 0 Å². The van der Waals surface area contributed by atoms with Crippen LogP contribution in [0.15, 0.2) is 12.3 Å². The molecule has 5 N–H and O–H groups in total. The summed E-state index contributed by atoms with van der Waals surface area (Å²) in [5.74, 6) is -0.695. The summed E-state index contributed by atoms with van der Waals surface area (Å²) in [6, 6.07) is 1.33. The topological polar surface area (TPSA) is 139 Å². The summed E-state index contributed by atoms with van der Waals surface area (Å²) < 4.78 is 5.23. The van der Waals surface area contributed by atoms with Crippen molar-refractivity contribution in [1.29, 1.82) is 0 Å². The predicted octanol–water partition coefficient (Wildman–Crippen LogP) is -2.27. The first-order valence-corrected chi connectivity index (χ1v) is 5.29. The zero-order valence-electron chi connectivity index (χ0n) is 9.30. The second kappa shape index (κ2) is 4.94. The van der Waals surface area contributed by atoms with Crippen LogP contribution in [-0.4, -0.2) is 56.1 Å². The Morgan fingerprint density at radius 3 is 2.72 bits per heavy atom. The Morgan fingerprint density at radius 1 is 1.44 bits per heavy atom. The van der Waals surface area contributed by atoms with E-state index in [-0.39, 0.29) is 11.5 Å². The van der Waals surface area contributed by atoms with Crippen molar-refractivity contribution < 1.29 is 24.9 Å². The molecular formula is C10H13N3O5. The van der Waals surface area contributed by atoms with E-state index in [0.29, 0.717) is 0 Å². The fourth-order valence-corrected chi connectivity index (χ4v) is 1.76. The van der Waals surface area contributed by atoms with Gasteiger partial charge in [-0.2, -0.15) is 0 Å². The number of carbonyl (C=O) groups excluding carboxylic acids is 1. The van der Waals surface area contributed by atoms with Gasteiger partial charge in [-0.05, 0) is 6.07 Å². The molecule has 8 heteroatoms. The van der Waals surface area contributed by atoms with Gasteiger partial charge in [-0.25, -0.2) is 9.97 Å². The molecule has 1 aromatic heterocycles. The minimum absolute atomic E-state index is 0.0160. The van der Waals surface area contributed by atoms with E-state index in [1.54, 1.807) is 0 Å². The van der Waals surface area contributed by atoms with Crippen molar-refractivity contribution in [1.82, 2.24) is 9.97 Å². The highest BCUT2D eigenvalue weighted by atomic mass is 16.6. The highest BCUT2D eigenvalue weighted by Gasteiger charge is 2.44. The van der Waals surface area contributed by atoms with Crippen molar-refractivity contribution in [3.05, 3.63) is 23.8 Å². The van der Waals surface area contributed by atoms with Crippen LogP contribution in [0.25, 0.3) is 0 Å². The van der Waals surface area contributed by atoms with Crippen LogP contribution in [0.5, 0.6) is 0 Å². The van der Waals surface area contributed by atoms with Crippen LogP contribution >= 0.6 is 0 Å². The van der Waals surface area contributed by atoms with Gasteiger partial charge < -0.3 is 25.8 Å². The number of rotatable bonds is 3. The average Bonchev–Trinajstić information content (AvgIpc) is 2.66. The van der Waals surface area contributed by atoms with Gasteiger partial charge in [-0.1, -0.05) is 0 Å². The summed E-state index contributed by atoms with van der Waals surface area (Å²) in [7, 11) is 0. The fourth-order valence-electron chi connectivity index (χ4n) is 1.76. The molecule has 0 saturated carbocycles. The molecule has 0 aromatic carbocycles. The van der Waals surface area contributed by atoms with E-state index in [9.17, 15) is 15.0 Å². The fraction of sp³-hybridized carbons (Fsp3) is 0.500. The summed E-state index contributed by atoms with van der Waals surface area (Å²) in [6.45, 7) is -0.440. The Morgan fingerprint density at radius 2 is 2.17 bits per heavy atom. The standard InChI is InChI=1S/C10H13N3O5/c11-9(17)4-1-2-12-10(13-4)8-7(16)6(15)5(3-14)18-8/h1-2,5-8,14-16H,3H2,(H2,11,17)/t5-,6-,7-,8-/m1/s1. The maximum absolute atomic E-state index is 11.0. The third-order valence-corrected chi connectivity index (χ3v) is 2.72. The molecule has 1 aliphatic rings. The van der Waals surface area contributed by atoms with Gasteiger partial charge in [-0.3, -0.25) is 4.79 Å². The lowest BCUT2D eigenvalue weighted by Crippen LogP contribution is -2.32. The molecule has 0 bridgehead atoms. The van der Waals surface area contributed by atoms with E-state index in [4.69, 9.17) is 15.6 Å². The second-order valence-electron chi connectivity index (χ2n) is 3.92. The number of nitrogens with two attached hydrogens (primary N) is 1. The number of hydrogen-bond acceptors (Lipinski definition) is 7. The lowest BCUT2D eigenvalue weighted by Gasteiger charge is -2.13.